The minimum Gasteiger partial charge on any atom is -0.481 e. The zero-order valence-electron chi connectivity index (χ0n) is 12.8. The van der Waals surface area contributed by atoms with Crippen LogP contribution in [0.1, 0.15) is 36.1 Å². The number of benzene rings is 1. The SMILES string of the molecule is Cc1cc(C)c(CC(=O)NCC(C)(C)C(=O)O)c(C)c1. The van der Waals surface area contributed by atoms with Crippen molar-refractivity contribution in [1.82, 2.24) is 5.32 Å². The Balaban J connectivity index is 2.71. The van der Waals surface area contributed by atoms with Gasteiger partial charge < -0.3 is 10.4 Å². The van der Waals surface area contributed by atoms with Gasteiger partial charge in [0.15, 0.2) is 0 Å². The molecular weight excluding hydrogens is 254 g/mol. The van der Waals surface area contributed by atoms with Crippen molar-refractivity contribution >= 4 is 11.9 Å². The van der Waals surface area contributed by atoms with Crippen LogP contribution in [0.25, 0.3) is 0 Å². The lowest BCUT2D eigenvalue weighted by Gasteiger charge is -2.20. The molecule has 1 aromatic rings. The number of aryl methyl sites for hydroxylation is 3. The Bertz CT molecular complexity index is 510. The summed E-state index contributed by atoms with van der Waals surface area (Å²) in [6.07, 6.45) is 0.285. The lowest BCUT2D eigenvalue weighted by Crippen LogP contribution is -2.39. The molecule has 1 amide bonds. The van der Waals surface area contributed by atoms with Crippen LogP contribution in [-0.4, -0.2) is 23.5 Å². The van der Waals surface area contributed by atoms with E-state index in [9.17, 15) is 9.59 Å². The van der Waals surface area contributed by atoms with E-state index in [0.29, 0.717) is 0 Å². The summed E-state index contributed by atoms with van der Waals surface area (Å²) >= 11 is 0. The Morgan fingerprint density at radius 3 is 2.10 bits per heavy atom. The second-order valence-electron chi connectivity index (χ2n) is 6.02. The second-order valence-corrected chi connectivity index (χ2v) is 6.02. The van der Waals surface area contributed by atoms with Gasteiger partial charge in [-0.25, -0.2) is 0 Å². The summed E-state index contributed by atoms with van der Waals surface area (Å²) in [4.78, 5) is 23.0. The molecule has 0 heterocycles. The number of carboxylic acids is 1. The van der Waals surface area contributed by atoms with Gasteiger partial charge in [-0.1, -0.05) is 17.7 Å². The van der Waals surface area contributed by atoms with Crippen molar-refractivity contribution in [2.45, 2.75) is 41.0 Å². The monoisotopic (exact) mass is 277 g/mol. The molecule has 4 heteroatoms. The Morgan fingerprint density at radius 1 is 1.15 bits per heavy atom. The van der Waals surface area contributed by atoms with E-state index < -0.39 is 11.4 Å². The molecule has 0 fully saturated rings. The zero-order chi connectivity index (χ0) is 15.5. The van der Waals surface area contributed by atoms with E-state index in [-0.39, 0.29) is 18.9 Å². The van der Waals surface area contributed by atoms with Crippen LogP contribution in [0.3, 0.4) is 0 Å². The summed E-state index contributed by atoms with van der Waals surface area (Å²) in [5, 5.41) is 11.7. The molecule has 0 radical (unpaired) electrons. The highest BCUT2D eigenvalue weighted by atomic mass is 16.4. The van der Waals surface area contributed by atoms with Crippen molar-refractivity contribution in [3.8, 4) is 0 Å². The first-order valence-electron chi connectivity index (χ1n) is 6.70. The number of nitrogens with one attached hydrogen (secondary N) is 1. The van der Waals surface area contributed by atoms with E-state index in [1.54, 1.807) is 13.8 Å². The van der Waals surface area contributed by atoms with E-state index in [4.69, 9.17) is 5.11 Å². The predicted octanol–water partition coefficient (Wildman–Crippen LogP) is 2.38. The van der Waals surface area contributed by atoms with Crippen LogP contribution in [-0.2, 0) is 16.0 Å². The Kier molecular flexibility index (Phi) is 4.93. The van der Waals surface area contributed by atoms with Gasteiger partial charge in [0.1, 0.15) is 0 Å². The second kappa shape index (κ2) is 6.07. The van der Waals surface area contributed by atoms with Crippen molar-refractivity contribution in [2.24, 2.45) is 5.41 Å². The van der Waals surface area contributed by atoms with Crippen molar-refractivity contribution in [3.05, 3.63) is 34.4 Å². The number of hydrogen-bond donors (Lipinski definition) is 2. The summed E-state index contributed by atoms with van der Waals surface area (Å²) in [6, 6.07) is 4.10. The Morgan fingerprint density at radius 2 is 1.65 bits per heavy atom. The molecule has 0 aliphatic heterocycles. The summed E-state index contributed by atoms with van der Waals surface area (Å²) in [6.45, 7) is 9.33. The highest BCUT2D eigenvalue weighted by Crippen LogP contribution is 2.17. The third-order valence-corrected chi connectivity index (χ3v) is 3.48. The van der Waals surface area contributed by atoms with Gasteiger partial charge in [0.25, 0.3) is 0 Å². The van der Waals surface area contributed by atoms with Crippen molar-refractivity contribution in [2.75, 3.05) is 6.54 Å². The fraction of sp³-hybridized carbons (Fsp3) is 0.500. The molecule has 110 valence electrons. The molecule has 0 saturated carbocycles. The zero-order valence-corrected chi connectivity index (χ0v) is 12.8. The smallest absolute Gasteiger partial charge is 0.310 e. The van der Waals surface area contributed by atoms with E-state index in [2.05, 4.69) is 17.4 Å². The van der Waals surface area contributed by atoms with Crippen LogP contribution in [0, 0.1) is 26.2 Å². The van der Waals surface area contributed by atoms with E-state index in [1.807, 2.05) is 20.8 Å². The summed E-state index contributed by atoms with van der Waals surface area (Å²) in [7, 11) is 0. The van der Waals surface area contributed by atoms with E-state index in [0.717, 1.165) is 16.7 Å². The molecule has 2 N–H and O–H groups in total. The van der Waals surface area contributed by atoms with Crippen LogP contribution >= 0.6 is 0 Å². The molecule has 0 unspecified atom stereocenters. The van der Waals surface area contributed by atoms with Gasteiger partial charge in [0.05, 0.1) is 11.8 Å². The average Bonchev–Trinajstić information content (AvgIpc) is 2.31. The van der Waals surface area contributed by atoms with Crippen molar-refractivity contribution in [1.29, 1.82) is 0 Å². The van der Waals surface area contributed by atoms with Gasteiger partial charge in [-0.3, -0.25) is 9.59 Å². The fourth-order valence-corrected chi connectivity index (χ4v) is 2.11. The predicted molar refractivity (Wildman–Crippen MR) is 78.8 cm³/mol. The maximum Gasteiger partial charge on any atom is 0.310 e. The fourth-order valence-electron chi connectivity index (χ4n) is 2.11. The van der Waals surface area contributed by atoms with Gasteiger partial charge in [-0.05, 0) is 51.3 Å². The van der Waals surface area contributed by atoms with E-state index >= 15 is 0 Å². The minimum absolute atomic E-state index is 0.130. The van der Waals surface area contributed by atoms with Gasteiger partial charge in [-0.2, -0.15) is 0 Å². The Hall–Kier alpha value is -1.84. The molecular formula is C16H23NO3. The number of aliphatic carboxylic acids is 1. The molecule has 0 aromatic heterocycles. The summed E-state index contributed by atoms with van der Waals surface area (Å²) < 4.78 is 0. The molecule has 1 rings (SSSR count). The summed E-state index contributed by atoms with van der Waals surface area (Å²) in [5.74, 6) is -1.06. The molecule has 0 aliphatic rings. The number of hydrogen-bond acceptors (Lipinski definition) is 2. The molecule has 0 atom stereocenters. The number of carbonyl (C=O) groups is 2. The first kappa shape index (κ1) is 16.2. The first-order valence-corrected chi connectivity index (χ1v) is 6.70. The van der Waals surface area contributed by atoms with Gasteiger partial charge in [0, 0.05) is 6.54 Å². The standard InChI is InChI=1S/C16H23NO3/c1-10-6-11(2)13(12(3)7-10)8-14(18)17-9-16(4,5)15(19)20/h6-7H,8-9H2,1-5H3,(H,17,18)(H,19,20). The normalized spacial score (nSPS) is 11.2. The molecule has 4 nitrogen and oxygen atoms in total. The van der Waals surface area contributed by atoms with Crippen LogP contribution in [0.5, 0.6) is 0 Å². The maximum absolute atomic E-state index is 12.0. The molecule has 0 bridgehead atoms. The Labute approximate surface area is 120 Å². The first-order chi connectivity index (χ1) is 9.13. The highest BCUT2D eigenvalue weighted by molar-refractivity contribution is 5.81. The third kappa shape index (κ3) is 4.08. The van der Waals surface area contributed by atoms with Crippen LogP contribution in [0.4, 0.5) is 0 Å². The lowest BCUT2D eigenvalue weighted by atomic mass is 9.93. The molecule has 0 saturated heterocycles. The van der Waals surface area contributed by atoms with Crippen LogP contribution in [0.2, 0.25) is 0 Å². The van der Waals surface area contributed by atoms with Crippen molar-refractivity contribution < 1.29 is 14.7 Å². The molecule has 0 spiro atoms. The van der Waals surface area contributed by atoms with Crippen LogP contribution < -0.4 is 5.32 Å². The number of rotatable bonds is 5. The number of carbonyl (C=O) groups excluding carboxylic acids is 1. The minimum atomic E-state index is -0.951. The average molecular weight is 277 g/mol. The van der Waals surface area contributed by atoms with Crippen LogP contribution in [0.15, 0.2) is 12.1 Å². The topological polar surface area (TPSA) is 66.4 Å². The molecule has 20 heavy (non-hydrogen) atoms. The largest absolute Gasteiger partial charge is 0.481 e. The maximum atomic E-state index is 12.0. The molecule has 0 aliphatic carbocycles. The number of carboxylic acid groups (broad SMARTS) is 1. The quantitative estimate of drug-likeness (QED) is 0.868. The van der Waals surface area contributed by atoms with Gasteiger partial charge in [0.2, 0.25) is 5.91 Å². The van der Waals surface area contributed by atoms with Gasteiger partial charge >= 0.3 is 5.97 Å². The lowest BCUT2D eigenvalue weighted by molar-refractivity contribution is -0.146. The third-order valence-electron chi connectivity index (χ3n) is 3.48. The highest BCUT2D eigenvalue weighted by Gasteiger charge is 2.27. The van der Waals surface area contributed by atoms with Crippen molar-refractivity contribution in [3.63, 3.8) is 0 Å². The number of amides is 1. The molecule has 1 aromatic carbocycles. The van der Waals surface area contributed by atoms with E-state index in [1.165, 1.54) is 5.56 Å². The summed E-state index contributed by atoms with van der Waals surface area (Å²) in [5.41, 5.74) is 3.43. The van der Waals surface area contributed by atoms with Gasteiger partial charge in [-0.15, -0.1) is 0 Å².